The number of amides is 2. The van der Waals surface area contributed by atoms with Gasteiger partial charge in [0.2, 0.25) is 11.7 Å². The molecule has 1 aromatic rings. The molecule has 3 atom stereocenters. The highest BCUT2D eigenvalue weighted by molar-refractivity contribution is 5.80. The smallest absolute Gasteiger partial charge is 0.404 e. The maximum atomic E-state index is 15.2. The molecule has 32 heavy (non-hydrogen) atoms. The van der Waals surface area contributed by atoms with Gasteiger partial charge in [0.1, 0.15) is 24.8 Å². The SMILES string of the molecule is Cc1nc(NNC(=O)[C@@H](CNC(=O)O)CC2CCCC2)c(F)c(N2CC3OCOC3C2)n1. The first kappa shape index (κ1) is 22.5. The molecule has 4 N–H and O–H groups in total. The molecular formula is C20H29FN6O5. The maximum absolute atomic E-state index is 15.2. The van der Waals surface area contributed by atoms with E-state index in [-0.39, 0.29) is 37.2 Å². The Labute approximate surface area is 185 Å². The van der Waals surface area contributed by atoms with Gasteiger partial charge in [0.25, 0.3) is 0 Å². The van der Waals surface area contributed by atoms with Crippen LogP contribution in [0.1, 0.15) is 37.9 Å². The van der Waals surface area contributed by atoms with Gasteiger partial charge in [-0.05, 0) is 19.3 Å². The summed E-state index contributed by atoms with van der Waals surface area (Å²) >= 11 is 0. The third kappa shape index (κ3) is 5.18. The van der Waals surface area contributed by atoms with E-state index in [0.29, 0.717) is 31.3 Å². The third-order valence-electron chi connectivity index (χ3n) is 6.29. The van der Waals surface area contributed by atoms with Gasteiger partial charge in [0, 0.05) is 19.6 Å². The zero-order valence-corrected chi connectivity index (χ0v) is 18.0. The summed E-state index contributed by atoms with van der Waals surface area (Å²) in [5, 5.41) is 11.2. The Balaban J connectivity index is 1.41. The molecule has 0 bridgehead atoms. The summed E-state index contributed by atoms with van der Waals surface area (Å²) in [7, 11) is 0. The Bertz CT molecular complexity index is 840. The fourth-order valence-electron chi connectivity index (χ4n) is 4.65. The van der Waals surface area contributed by atoms with E-state index in [9.17, 15) is 9.59 Å². The highest BCUT2D eigenvalue weighted by Crippen LogP contribution is 2.31. The normalized spacial score (nSPS) is 23.8. The molecule has 3 fully saturated rings. The van der Waals surface area contributed by atoms with Crippen LogP contribution in [0.2, 0.25) is 0 Å². The van der Waals surface area contributed by atoms with Gasteiger partial charge in [0.05, 0.1) is 5.92 Å². The molecule has 3 aliphatic rings. The topological polar surface area (TPSA) is 138 Å². The molecule has 1 aliphatic carbocycles. The van der Waals surface area contributed by atoms with Crippen LogP contribution in [0.25, 0.3) is 0 Å². The minimum absolute atomic E-state index is 0.00750. The lowest BCUT2D eigenvalue weighted by Gasteiger charge is -2.22. The van der Waals surface area contributed by atoms with E-state index in [4.69, 9.17) is 14.6 Å². The van der Waals surface area contributed by atoms with Crippen LogP contribution in [0.3, 0.4) is 0 Å². The van der Waals surface area contributed by atoms with Crippen molar-refractivity contribution in [3.8, 4) is 0 Å². The van der Waals surface area contributed by atoms with Crippen LogP contribution in [-0.4, -0.2) is 65.7 Å². The number of anilines is 2. The van der Waals surface area contributed by atoms with Crippen LogP contribution in [0, 0.1) is 24.6 Å². The van der Waals surface area contributed by atoms with Crippen molar-refractivity contribution < 1.29 is 28.6 Å². The van der Waals surface area contributed by atoms with Crippen LogP contribution < -0.4 is 21.1 Å². The van der Waals surface area contributed by atoms with E-state index in [0.717, 1.165) is 25.7 Å². The molecule has 0 aromatic carbocycles. The van der Waals surface area contributed by atoms with Crippen molar-refractivity contribution in [3.63, 3.8) is 0 Å². The molecule has 4 rings (SSSR count). The van der Waals surface area contributed by atoms with Crippen LogP contribution in [0.4, 0.5) is 20.8 Å². The van der Waals surface area contributed by atoms with E-state index >= 15 is 4.39 Å². The van der Waals surface area contributed by atoms with Crippen LogP contribution >= 0.6 is 0 Å². The monoisotopic (exact) mass is 452 g/mol. The molecule has 2 unspecified atom stereocenters. The average Bonchev–Trinajstić information content (AvgIpc) is 3.48. The number of nitrogens with zero attached hydrogens (tertiary/aromatic N) is 3. The first-order valence-corrected chi connectivity index (χ1v) is 11.0. The van der Waals surface area contributed by atoms with Gasteiger partial charge in [-0.3, -0.25) is 15.6 Å². The van der Waals surface area contributed by atoms with Crippen LogP contribution in [0.15, 0.2) is 0 Å². The summed E-state index contributed by atoms with van der Waals surface area (Å²) < 4.78 is 26.1. The summed E-state index contributed by atoms with van der Waals surface area (Å²) in [6.07, 6.45) is 3.42. The number of nitrogens with one attached hydrogen (secondary N) is 3. The number of ether oxygens (including phenoxy) is 2. The summed E-state index contributed by atoms with van der Waals surface area (Å²) in [6.45, 7) is 2.78. The Morgan fingerprint density at radius 3 is 2.56 bits per heavy atom. The molecule has 2 aliphatic heterocycles. The minimum atomic E-state index is -1.19. The number of halogens is 1. The molecule has 12 heteroatoms. The highest BCUT2D eigenvalue weighted by Gasteiger charge is 2.40. The van der Waals surface area contributed by atoms with E-state index in [1.807, 2.05) is 0 Å². The van der Waals surface area contributed by atoms with Crippen LogP contribution in [-0.2, 0) is 14.3 Å². The number of carbonyl (C=O) groups is 2. The molecule has 2 saturated heterocycles. The largest absolute Gasteiger partial charge is 0.465 e. The molecule has 0 radical (unpaired) electrons. The van der Waals surface area contributed by atoms with Gasteiger partial charge < -0.3 is 24.8 Å². The van der Waals surface area contributed by atoms with Crippen molar-refractivity contribution in [3.05, 3.63) is 11.6 Å². The fourth-order valence-corrected chi connectivity index (χ4v) is 4.65. The Morgan fingerprint density at radius 1 is 1.22 bits per heavy atom. The summed E-state index contributed by atoms with van der Waals surface area (Å²) in [5.41, 5.74) is 5.07. The number of rotatable bonds is 8. The quantitative estimate of drug-likeness (QED) is 0.431. The number of aryl methyl sites for hydroxylation is 1. The second kappa shape index (κ2) is 9.82. The highest BCUT2D eigenvalue weighted by atomic mass is 19.1. The minimum Gasteiger partial charge on any atom is -0.465 e. The molecule has 176 valence electrons. The zero-order valence-electron chi connectivity index (χ0n) is 18.0. The van der Waals surface area contributed by atoms with Gasteiger partial charge in [0.15, 0.2) is 11.6 Å². The molecule has 2 amide bonds. The van der Waals surface area contributed by atoms with Crippen molar-refractivity contribution in [1.29, 1.82) is 0 Å². The lowest BCUT2D eigenvalue weighted by Crippen LogP contribution is -2.42. The molecule has 1 aromatic heterocycles. The van der Waals surface area contributed by atoms with Gasteiger partial charge in [-0.1, -0.05) is 25.7 Å². The lowest BCUT2D eigenvalue weighted by molar-refractivity contribution is -0.124. The number of hydrogen-bond donors (Lipinski definition) is 4. The second-order valence-corrected chi connectivity index (χ2v) is 8.57. The predicted molar refractivity (Wildman–Crippen MR) is 111 cm³/mol. The summed E-state index contributed by atoms with van der Waals surface area (Å²) in [4.78, 5) is 33.7. The van der Waals surface area contributed by atoms with Crippen molar-refractivity contribution >= 4 is 23.6 Å². The first-order chi connectivity index (χ1) is 15.4. The fraction of sp³-hybridized carbons (Fsp3) is 0.700. The Kier molecular flexibility index (Phi) is 6.89. The van der Waals surface area contributed by atoms with Crippen molar-refractivity contribution in [2.45, 2.75) is 51.2 Å². The van der Waals surface area contributed by atoms with Gasteiger partial charge in [-0.2, -0.15) is 4.39 Å². The number of hydrazine groups is 1. The molecule has 1 saturated carbocycles. The zero-order chi connectivity index (χ0) is 22.7. The number of hydrogen-bond acceptors (Lipinski definition) is 8. The molecule has 11 nitrogen and oxygen atoms in total. The van der Waals surface area contributed by atoms with Crippen molar-refractivity contribution in [2.75, 3.05) is 36.8 Å². The Morgan fingerprint density at radius 2 is 1.91 bits per heavy atom. The molecular weight excluding hydrogens is 423 g/mol. The standard InChI is InChI=1S/C20H29FN6O5/c1-11-23-17(16(21)18(24-11)27-8-14-15(9-27)32-10-31-14)25-26-19(28)13(7-22-20(29)30)6-12-4-2-3-5-12/h12-15,22H,2-10H2,1H3,(H,26,28)(H,29,30)(H,23,24,25)/t13-,14?,15?/m1/s1. The average molecular weight is 452 g/mol. The predicted octanol–water partition coefficient (Wildman–Crippen LogP) is 1.39. The molecule has 3 heterocycles. The van der Waals surface area contributed by atoms with Crippen LogP contribution in [0.5, 0.6) is 0 Å². The van der Waals surface area contributed by atoms with Gasteiger partial charge in [-0.25, -0.2) is 14.8 Å². The van der Waals surface area contributed by atoms with Gasteiger partial charge in [-0.15, -0.1) is 0 Å². The van der Waals surface area contributed by atoms with E-state index in [2.05, 4.69) is 26.1 Å². The number of aromatic nitrogens is 2. The van der Waals surface area contributed by atoms with Crippen molar-refractivity contribution in [1.82, 2.24) is 20.7 Å². The van der Waals surface area contributed by atoms with E-state index in [1.54, 1.807) is 11.8 Å². The van der Waals surface area contributed by atoms with E-state index in [1.165, 1.54) is 0 Å². The second-order valence-electron chi connectivity index (χ2n) is 8.57. The van der Waals surface area contributed by atoms with E-state index < -0.39 is 23.7 Å². The number of fused-ring (bicyclic) bond motifs is 1. The third-order valence-corrected chi connectivity index (χ3v) is 6.29. The molecule has 0 spiro atoms. The first-order valence-electron chi connectivity index (χ1n) is 11.0. The maximum Gasteiger partial charge on any atom is 0.404 e. The number of carbonyl (C=O) groups excluding carboxylic acids is 1. The lowest BCUT2D eigenvalue weighted by atomic mass is 9.92. The summed E-state index contributed by atoms with van der Waals surface area (Å²) in [5.74, 6) is -0.986. The van der Waals surface area contributed by atoms with Gasteiger partial charge >= 0.3 is 6.09 Å². The Hall–Kier alpha value is -2.73. The van der Waals surface area contributed by atoms with Crippen molar-refractivity contribution in [2.24, 2.45) is 11.8 Å². The number of carboxylic acid groups (broad SMARTS) is 1. The summed E-state index contributed by atoms with van der Waals surface area (Å²) in [6, 6.07) is 0.